The lowest BCUT2D eigenvalue weighted by Crippen LogP contribution is -2.11. The topological polar surface area (TPSA) is 62.5 Å². The first-order chi connectivity index (χ1) is 10.1. The third-order valence-electron chi connectivity index (χ3n) is 2.74. The molecule has 4 nitrogen and oxygen atoms in total. The number of benzene rings is 1. The Kier molecular flexibility index (Phi) is 5.04. The maximum atomic E-state index is 12.0. The van der Waals surface area contributed by atoms with Gasteiger partial charge in [-0.2, -0.15) is 0 Å². The second-order valence-electron chi connectivity index (χ2n) is 4.36. The van der Waals surface area contributed by atoms with Crippen molar-refractivity contribution in [2.45, 2.75) is 13.3 Å². The Hall–Kier alpha value is -2.22. The zero-order valence-electron chi connectivity index (χ0n) is 11.4. The molecule has 5 heteroatoms. The summed E-state index contributed by atoms with van der Waals surface area (Å²) < 4.78 is 5.05. The summed E-state index contributed by atoms with van der Waals surface area (Å²) >= 11 is 5.64. The van der Waals surface area contributed by atoms with Crippen molar-refractivity contribution in [3.63, 3.8) is 0 Å². The van der Waals surface area contributed by atoms with Crippen molar-refractivity contribution in [2.75, 3.05) is 11.9 Å². The molecule has 108 valence electrons. The summed E-state index contributed by atoms with van der Waals surface area (Å²) in [6, 6.07) is 8.49. The molecule has 0 saturated carbocycles. The van der Waals surface area contributed by atoms with Crippen LogP contribution in [0.2, 0.25) is 5.22 Å². The summed E-state index contributed by atoms with van der Waals surface area (Å²) in [5.74, 6) is 5.59. The molecule has 0 aliphatic heterocycles. The monoisotopic (exact) mass is 303 g/mol. The number of halogens is 1. The number of furan rings is 1. The van der Waals surface area contributed by atoms with Crippen molar-refractivity contribution >= 4 is 23.2 Å². The van der Waals surface area contributed by atoms with E-state index in [0.717, 1.165) is 11.1 Å². The van der Waals surface area contributed by atoms with Crippen LogP contribution < -0.4 is 5.32 Å². The number of hydrogen-bond donors (Lipinski definition) is 2. The first-order valence-corrected chi connectivity index (χ1v) is 6.75. The summed E-state index contributed by atoms with van der Waals surface area (Å²) in [4.78, 5) is 12.0. The minimum atomic E-state index is -0.357. The van der Waals surface area contributed by atoms with E-state index in [0.29, 0.717) is 12.1 Å². The SMILES string of the molecule is Cc1cc(C#CCCO)ccc1NC(=O)c1ccc(Cl)o1. The number of carbonyl (C=O) groups excluding carboxylic acids is 1. The van der Waals surface area contributed by atoms with Gasteiger partial charge in [-0.05, 0) is 54.4 Å². The standard InChI is InChI=1S/C16H14ClNO3/c1-11-10-12(4-2-3-9-19)5-6-13(11)18-16(20)14-7-8-15(17)21-14/h5-8,10,19H,3,9H2,1H3,(H,18,20). The molecule has 1 amide bonds. The first kappa shape index (κ1) is 15.2. The zero-order chi connectivity index (χ0) is 15.2. The number of nitrogens with one attached hydrogen (secondary N) is 1. The summed E-state index contributed by atoms with van der Waals surface area (Å²) in [5.41, 5.74) is 2.40. The van der Waals surface area contributed by atoms with E-state index in [1.807, 2.05) is 19.1 Å². The summed E-state index contributed by atoms with van der Waals surface area (Å²) in [6.45, 7) is 1.92. The molecular formula is C16H14ClNO3. The number of aliphatic hydroxyl groups is 1. The molecule has 0 aliphatic carbocycles. The van der Waals surface area contributed by atoms with Crippen LogP contribution in [-0.2, 0) is 0 Å². The second kappa shape index (κ2) is 6.98. The third kappa shape index (κ3) is 4.12. The van der Waals surface area contributed by atoms with Crippen LogP contribution in [0.25, 0.3) is 0 Å². The van der Waals surface area contributed by atoms with Crippen molar-refractivity contribution in [2.24, 2.45) is 0 Å². The van der Waals surface area contributed by atoms with Crippen LogP contribution in [-0.4, -0.2) is 17.6 Å². The van der Waals surface area contributed by atoms with Crippen LogP contribution in [0, 0.1) is 18.8 Å². The fraction of sp³-hybridized carbons (Fsp3) is 0.188. The van der Waals surface area contributed by atoms with E-state index in [2.05, 4.69) is 17.2 Å². The Morgan fingerprint density at radius 3 is 2.81 bits per heavy atom. The van der Waals surface area contributed by atoms with Crippen molar-refractivity contribution in [3.05, 3.63) is 52.4 Å². The molecule has 2 N–H and O–H groups in total. The minimum absolute atomic E-state index is 0.0475. The molecule has 1 heterocycles. The van der Waals surface area contributed by atoms with Crippen LogP contribution >= 0.6 is 11.6 Å². The molecule has 0 radical (unpaired) electrons. The number of amides is 1. The Morgan fingerprint density at radius 2 is 2.19 bits per heavy atom. The van der Waals surface area contributed by atoms with E-state index in [1.165, 1.54) is 12.1 Å². The van der Waals surface area contributed by atoms with Crippen molar-refractivity contribution in [1.29, 1.82) is 0 Å². The zero-order valence-corrected chi connectivity index (χ0v) is 12.2. The second-order valence-corrected chi connectivity index (χ2v) is 4.74. The highest BCUT2D eigenvalue weighted by molar-refractivity contribution is 6.29. The van der Waals surface area contributed by atoms with E-state index in [1.54, 1.807) is 6.07 Å². The van der Waals surface area contributed by atoms with E-state index in [4.69, 9.17) is 21.1 Å². The summed E-state index contributed by atoms with van der Waals surface area (Å²) in [7, 11) is 0. The first-order valence-electron chi connectivity index (χ1n) is 6.37. The molecule has 0 saturated heterocycles. The highest BCUT2D eigenvalue weighted by Crippen LogP contribution is 2.19. The quantitative estimate of drug-likeness (QED) is 0.856. The van der Waals surface area contributed by atoms with Gasteiger partial charge in [0.2, 0.25) is 0 Å². The highest BCUT2D eigenvalue weighted by Gasteiger charge is 2.11. The van der Waals surface area contributed by atoms with Crippen LogP contribution in [0.4, 0.5) is 5.69 Å². The highest BCUT2D eigenvalue weighted by atomic mass is 35.5. The molecule has 0 spiro atoms. The van der Waals surface area contributed by atoms with Crippen LogP contribution in [0.1, 0.15) is 28.1 Å². The largest absolute Gasteiger partial charge is 0.440 e. The Bertz CT molecular complexity index is 710. The number of hydrogen-bond acceptors (Lipinski definition) is 3. The van der Waals surface area contributed by atoms with E-state index >= 15 is 0 Å². The predicted octanol–water partition coefficient (Wildman–Crippen LogP) is 3.23. The lowest BCUT2D eigenvalue weighted by Gasteiger charge is -2.07. The van der Waals surface area contributed by atoms with Gasteiger partial charge in [-0.3, -0.25) is 4.79 Å². The fourth-order valence-electron chi connectivity index (χ4n) is 1.72. The van der Waals surface area contributed by atoms with Crippen LogP contribution in [0.5, 0.6) is 0 Å². The molecule has 1 aromatic heterocycles. The average molecular weight is 304 g/mol. The molecule has 0 fully saturated rings. The molecule has 2 rings (SSSR count). The van der Waals surface area contributed by atoms with E-state index < -0.39 is 0 Å². The third-order valence-corrected chi connectivity index (χ3v) is 2.94. The summed E-state index contributed by atoms with van der Waals surface area (Å²) in [5, 5.41) is 11.6. The number of carbonyl (C=O) groups is 1. The van der Waals surface area contributed by atoms with Crippen LogP contribution in [0.3, 0.4) is 0 Å². The predicted molar refractivity (Wildman–Crippen MR) is 81.4 cm³/mol. The van der Waals surface area contributed by atoms with Crippen molar-refractivity contribution in [3.8, 4) is 11.8 Å². The van der Waals surface area contributed by atoms with Gasteiger partial charge in [-0.25, -0.2) is 0 Å². The maximum Gasteiger partial charge on any atom is 0.291 e. The fourth-order valence-corrected chi connectivity index (χ4v) is 1.87. The number of rotatable bonds is 3. The minimum Gasteiger partial charge on any atom is -0.440 e. The number of anilines is 1. The normalized spacial score (nSPS) is 9.86. The number of aliphatic hydroxyl groups excluding tert-OH is 1. The Balaban J connectivity index is 2.11. The lowest BCUT2D eigenvalue weighted by atomic mass is 10.1. The Labute approximate surface area is 127 Å². The average Bonchev–Trinajstić information content (AvgIpc) is 2.89. The molecule has 0 unspecified atom stereocenters. The molecule has 0 bridgehead atoms. The molecule has 2 aromatic rings. The van der Waals surface area contributed by atoms with Crippen molar-refractivity contribution < 1.29 is 14.3 Å². The van der Waals surface area contributed by atoms with Gasteiger partial charge in [0.25, 0.3) is 5.91 Å². The smallest absolute Gasteiger partial charge is 0.291 e. The molecule has 21 heavy (non-hydrogen) atoms. The Morgan fingerprint density at radius 1 is 1.38 bits per heavy atom. The molecule has 1 aromatic carbocycles. The van der Waals surface area contributed by atoms with Gasteiger partial charge in [0, 0.05) is 17.7 Å². The molecule has 0 atom stereocenters. The van der Waals surface area contributed by atoms with Gasteiger partial charge in [-0.15, -0.1) is 0 Å². The van der Waals surface area contributed by atoms with Gasteiger partial charge in [0.1, 0.15) is 0 Å². The number of aryl methyl sites for hydroxylation is 1. The van der Waals surface area contributed by atoms with Gasteiger partial charge >= 0.3 is 0 Å². The summed E-state index contributed by atoms with van der Waals surface area (Å²) in [6.07, 6.45) is 0.441. The van der Waals surface area contributed by atoms with E-state index in [9.17, 15) is 4.79 Å². The van der Waals surface area contributed by atoms with Gasteiger partial charge in [-0.1, -0.05) is 11.8 Å². The van der Waals surface area contributed by atoms with E-state index in [-0.39, 0.29) is 23.5 Å². The van der Waals surface area contributed by atoms with Gasteiger partial charge in [0.05, 0.1) is 6.61 Å². The lowest BCUT2D eigenvalue weighted by molar-refractivity contribution is 0.0996. The maximum absolute atomic E-state index is 12.0. The van der Waals surface area contributed by atoms with Crippen LogP contribution in [0.15, 0.2) is 34.7 Å². The molecule has 0 aliphatic rings. The molecular weight excluding hydrogens is 290 g/mol. The van der Waals surface area contributed by atoms with Gasteiger partial charge in [0.15, 0.2) is 11.0 Å². The van der Waals surface area contributed by atoms with Crippen molar-refractivity contribution in [1.82, 2.24) is 0 Å². The van der Waals surface area contributed by atoms with Gasteiger partial charge < -0.3 is 14.8 Å².